The van der Waals surface area contributed by atoms with Crippen molar-refractivity contribution in [2.24, 2.45) is 0 Å². The smallest absolute Gasteiger partial charge is 0.315 e. The van der Waals surface area contributed by atoms with E-state index in [2.05, 4.69) is 10.6 Å². The van der Waals surface area contributed by atoms with Crippen LogP contribution in [0.25, 0.3) is 0 Å². The summed E-state index contributed by atoms with van der Waals surface area (Å²) in [7, 11) is 3.25. The molecule has 0 atom stereocenters. The van der Waals surface area contributed by atoms with Crippen LogP contribution in [0.4, 0.5) is 4.79 Å². The van der Waals surface area contributed by atoms with E-state index in [1.807, 2.05) is 24.3 Å². The Bertz CT molecular complexity index is 427. The number of rotatable bonds is 6. The Hall–Kier alpha value is -1.75. The van der Waals surface area contributed by atoms with Gasteiger partial charge < -0.3 is 20.1 Å². The van der Waals surface area contributed by atoms with E-state index in [0.717, 1.165) is 24.2 Å². The number of carbonyl (C=O) groups excluding carboxylic acids is 1. The molecule has 104 valence electrons. The number of methoxy groups -OCH3 is 2. The second-order valence-electron chi connectivity index (χ2n) is 4.68. The first-order chi connectivity index (χ1) is 9.20. The van der Waals surface area contributed by atoms with Crippen LogP contribution in [0.1, 0.15) is 18.4 Å². The number of hydrogen-bond donors (Lipinski definition) is 2. The summed E-state index contributed by atoms with van der Waals surface area (Å²) in [5.41, 5.74) is 0.916. The summed E-state index contributed by atoms with van der Waals surface area (Å²) in [6.07, 6.45) is 1.94. The third-order valence-corrected chi connectivity index (χ3v) is 3.34. The molecule has 0 radical (unpaired) electrons. The lowest BCUT2D eigenvalue weighted by Crippen LogP contribution is -2.43. The van der Waals surface area contributed by atoms with Crippen molar-refractivity contribution in [2.45, 2.75) is 18.4 Å². The highest BCUT2D eigenvalue weighted by atomic mass is 16.5. The maximum Gasteiger partial charge on any atom is 0.315 e. The molecule has 1 fully saturated rings. The molecule has 1 aromatic rings. The van der Waals surface area contributed by atoms with E-state index in [1.54, 1.807) is 14.2 Å². The van der Waals surface area contributed by atoms with E-state index >= 15 is 0 Å². The monoisotopic (exact) mass is 264 g/mol. The molecule has 5 nitrogen and oxygen atoms in total. The molecule has 2 amide bonds. The predicted molar refractivity (Wildman–Crippen MR) is 72.3 cm³/mol. The first-order valence-corrected chi connectivity index (χ1v) is 6.40. The first kappa shape index (κ1) is 13.7. The van der Waals surface area contributed by atoms with Crippen molar-refractivity contribution in [1.29, 1.82) is 0 Å². The van der Waals surface area contributed by atoms with Gasteiger partial charge in [-0.05, 0) is 30.5 Å². The zero-order valence-electron chi connectivity index (χ0n) is 11.4. The molecule has 0 aliphatic heterocycles. The lowest BCUT2D eigenvalue weighted by molar-refractivity contribution is 0.194. The Morgan fingerprint density at radius 1 is 1.26 bits per heavy atom. The van der Waals surface area contributed by atoms with Crippen molar-refractivity contribution >= 4 is 6.03 Å². The van der Waals surface area contributed by atoms with Crippen molar-refractivity contribution < 1.29 is 14.3 Å². The minimum atomic E-state index is -0.205. The molecule has 5 heteroatoms. The number of carbonyl (C=O) groups is 1. The van der Waals surface area contributed by atoms with Gasteiger partial charge in [-0.3, -0.25) is 0 Å². The third-order valence-electron chi connectivity index (χ3n) is 3.34. The summed E-state index contributed by atoms with van der Waals surface area (Å²) < 4.78 is 10.0. The molecular weight excluding hydrogens is 244 g/mol. The number of amides is 2. The van der Waals surface area contributed by atoms with Crippen LogP contribution in [-0.2, 0) is 10.3 Å². The van der Waals surface area contributed by atoms with Crippen LogP contribution < -0.4 is 15.4 Å². The Kier molecular flexibility index (Phi) is 4.27. The molecule has 1 aromatic carbocycles. The maximum atomic E-state index is 11.8. The molecular formula is C14H20N2O3. The Morgan fingerprint density at radius 3 is 2.47 bits per heavy atom. The van der Waals surface area contributed by atoms with Crippen molar-refractivity contribution in [3.05, 3.63) is 29.8 Å². The average molecular weight is 264 g/mol. The summed E-state index contributed by atoms with van der Waals surface area (Å²) >= 11 is 0. The molecule has 2 N–H and O–H groups in total. The maximum absolute atomic E-state index is 11.8. The minimum absolute atomic E-state index is 0.148. The highest BCUT2D eigenvalue weighted by molar-refractivity contribution is 5.75. The highest BCUT2D eigenvalue weighted by Gasteiger charge is 2.45. The van der Waals surface area contributed by atoms with Crippen LogP contribution >= 0.6 is 0 Å². The summed E-state index contributed by atoms with van der Waals surface area (Å²) in [4.78, 5) is 11.8. The van der Waals surface area contributed by atoms with Crippen molar-refractivity contribution in [2.75, 3.05) is 27.4 Å². The van der Waals surface area contributed by atoms with Gasteiger partial charge in [0.25, 0.3) is 0 Å². The fourth-order valence-corrected chi connectivity index (χ4v) is 2.05. The quantitative estimate of drug-likeness (QED) is 0.768. The molecule has 1 saturated carbocycles. The topological polar surface area (TPSA) is 59.6 Å². The number of nitrogens with one attached hydrogen (secondary N) is 2. The highest BCUT2D eigenvalue weighted by Crippen LogP contribution is 2.45. The summed E-state index contributed by atoms with van der Waals surface area (Å²) in [6.45, 7) is 1.03. The van der Waals surface area contributed by atoms with Crippen LogP contribution in [0.2, 0.25) is 0 Å². The summed E-state index contributed by atoms with van der Waals surface area (Å²) in [6, 6.07) is 7.69. The Labute approximate surface area is 113 Å². The minimum Gasteiger partial charge on any atom is -0.497 e. The van der Waals surface area contributed by atoms with Gasteiger partial charge in [-0.1, -0.05) is 12.1 Å². The van der Waals surface area contributed by atoms with Crippen LogP contribution in [0.3, 0.4) is 0 Å². The fourth-order valence-electron chi connectivity index (χ4n) is 2.05. The lowest BCUT2D eigenvalue weighted by Gasteiger charge is -2.18. The number of urea groups is 1. The molecule has 0 unspecified atom stereocenters. The van der Waals surface area contributed by atoms with Gasteiger partial charge in [0, 0.05) is 13.7 Å². The van der Waals surface area contributed by atoms with E-state index in [-0.39, 0.29) is 11.6 Å². The standard InChI is InChI=1S/C14H20N2O3/c1-18-10-9-15-13(17)16-14(7-8-14)11-3-5-12(19-2)6-4-11/h3-6H,7-10H2,1-2H3,(H2,15,16,17). The first-order valence-electron chi connectivity index (χ1n) is 6.40. The van der Waals surface area contributed by atoms with Gasteiger partial charge in [-0.25, -0.2) is 4.79 Å². The van der Waals surface area contributed by atoms with Crippen molar-refractivity contribution in [3.63, 3.8) is 0 Å². The summed E-state index contributed by atoms with van der Waals surface area (Å²) in [5.74, 6) is 0.823. The normalized spacial score (nSPS) is 15.7. The van der Waals surface area contributed by atoms with Crippen molar-refractivity contribution in [3.8, 4) is 5.75 Å². The Morgan fingerprint density at radius 2 is 1.95 bits per heavy atom. The molecule has 0 aromatic heterocycles. The van der Waals surface area contributed by atoms with E-state index in [0.29, 0.717) is 13.2 Å². The lowest BCUT2D eigenvalue weighted by atomic mass is 10.1. The second-order valence-corrected chi connectivity index (χ2v) is 4.68. The zero-order valence-corrected chi connectivity index (χ0v) is 11.4. The molecule has 0 saturated heterocycles. The second kappa shape index (κ2) is 5.93. The third kappa shape index (κ3) is 3.38. The van der Waals surface area contributed by atoms with Crippen LogP contribution in [-0.4, -0.2) is 33.4 Å². The number of benzene rings is 1. The van der Waals surface area contributed by atoms with Crippen LogP contribution in [0, 0.1) is 0 Å². The van der Waals surface area contributed by atoms with Gasteiger partial charge in [0.1, 0.15) is 5.75 Å². The van der Waals surface area contributed by atoms with E-state index in [1.165, 1.54) is 0 Å². The van der Waals surface area contributed by atoms with Gasteiger partial charge in [-0.15, -0.1) is 0 Å². The zero-order chi connectivity index (χ0) is 13.7. The Balaban J connectivity index is 1.92. The van der Waals surface area contributed by atoms with Gasteiger partial charge >= 0.3 is 6.03 Å². The molecule has 1 aliphatic carbocycles. The van der Waals surface area contributed by atoms with E-state index in [4.69, 9.17) is 9.47 Å². The van der Waals surface area contributed by atoms with Gasteiger partial charge in [0.2, 0.25) is 0 Å². The van der Waals surface area contributed by atoms with Gasteiger partial charge in [0.05, 0.1) is 19.3 Å². The van der Waals surface area contributed by atoms with E-state index in [9.17, 15) is 4.79 Å². The van der Waals surface area contributed by atoms with Crippen molar-refractivity contribution in [1.82, 2.24) is 10.6 Å². The predicted octanol–water partition coefficient (Wildman–Crippen LogP) is 1.63. The average Bonchev–Trinajstić information content (AvgIpc) is 3.20. The van der Waals surface area contributed by atoms with Gasteiger partial charge in [0.15, 0.2) is 0 Å². The SMILES string of the molecule is COCCNC(=O)NC1(c2ccc(OC)cc2)CC1. The van der Waals surface area contributed by atoms with Crippen LogP contribution in [0.5, 0.6) is 5.75 Å². The molecule has 0 heterocycles. The largest absolute Gasteiger partial charge is 0.497 e. The molecule has 1 aliphatic rings. The number of ether oxygens (including phenoxy) is 2. The molecule has 0 spiro atoms. The van der Waals surface area contributed by atoms with E-state index < -0.39 is 0 Å². The molecule has 19 heavy (non-hydrogen) atoms. The van der Waals surface area contributed by atoms with Gasteiger partial charge in [-0.2, -0.15) is 0 Å². The fraction of sp³-hybridized carbons (Fsp3) is 0.500. The number of hydrogen-bond acceptors (Lipinski definition) is 3. The molecule has 0 bridgehead atoms. The summed E-state index contributed by atoms with van der Waals surface area (Å²) in [5, 5.41) is 5.81. The molecule has 2 rings (SSSR count). The van der Waals surface area contributed by atoms with Crippen LogP contribution in [0.15, 0.2) is 24.3 Å².